The molecule has 0 radical (unpaired) electrons. The quantitative estimate of drug-likeness (QED) is 0.700. The summed E-state index contributed by atoms with van der Waals surface area (Å²) in [5.41, 5.74) is 9.81. The molecule has 2 rings (SSSR count). The minimum absolute atomic E-state index is 0.130. The third-order valence-corrected chi connectivity index (χ3v) is 4.69. The van der Waals surface area contributed by atoms with Crippen molar-refractivity contribution in [1.82, 2.24) is 15.2 Å². The van der Waals surface area contributed by atoms with Crippen LogP contribution in [0.25, 0.3) is 0 Å². The van der Waals surface area contributed by atoms with Gasteiger partial charge >= 0.3 is 0 Å². The molecule has 1 aliphatic heterocycles. The zero-order chi connectivity index (χ0) is 15.6. The molecule has 8 heteroatoms. The van der Waals surface area contributed by atoms with Gasteiger partial charge in [-0.2, -0.15) is 0 Å². The minimum atomic E-state index is -0.284. The van der Waals surface area contributed by atoms with Crippen LogP contribution in [0.4, 0.5) is 10.7 Å². The van der Waals surface area contributed by atoms with Gasteiger partial charge in [0.25, 0.3) is 5.91 Å². The number of nitrogens with zero attached hydrogens (tertiary/aromatic N) is 2. The summed E-state index contributed by atoms with van der Waals surface area (Å²) >= 11 is 1.23. The molecule has 4 N–H and O–H groups in total. The smallest absolute Gasteiger partial charge is 0.256 e. The van der Waals surface area contributed by atoms with Gasteiger partial charge in [-0.1, -0.05) is 0 Å². The van der Waals surface area contributed by atoms with Crippen molar-refractivity contribution in [3.63, 3.8) is 0 Å². The van der Waals surface area contributed by atoms with Crippen LogP contribution in [-0.4, -0.2) is 61.9 Å². The molecule has 0 aliphatic carbocycles. The normalized spacial score (nSPS) is 16.7. The third-order valence-electron chi connectivity index (χ3n) is 3.48. The van der Waals surface area contributed by atoms with Crippen LogP contribution in [0.2, 0.25) is 0 Å². The van der Waals surface area contributed by atoms with Gasteiger partial charge in [-0.25, -0.2) is 5.01 Å². The molecule has 1 aromatic heterocycles. The third kappa shape index (κ3) is 3.34. The number of nitrogen functional groups attached to an aromatic ring is 1. The monoisotopic (exact) mass is 311 g/mol. The van der Waals surface area contributed by atoms with E-state index < -0.39 is 0 Å². The highest BCUT2D eigenvalue weighted by Gasteiger charge is 2.25. The van der Waals surface area contributed by atoms with Crippen LogP contribution in [0, 0.1) is 0 Å². The minimum Gasteiger partial charge on any atom is -0.397 e. The zero-order valence-electron chi connectivity index (χ0n) is 12.5. The van der Waals surface area contributed by atoms with Crippen LogP contribution < -0.4 is 16.5 Å². The lowest BCUT2D eigenvalue weighted by molar-refractivity contribution is 0.0964. The molecule has 1 aliphatic rings. The topological polar surface area (TPSA) is 90.7 Å². The van der Waals surface area contributed by atoms with E-state index in [1.165, 1.54) is 18.3 Å². The van der Waals surface area contributed by atoms with Gasteiger partial charge in [0.05, 0.1) is 16.1 Å². The molecule has 0 bridgehead atoms. The number of carbonyl (C=O) groups excluding carboxylic acids is 2. The Hall–Kier alpha value is -1.64. The highest BCUT2D eigenvalue weighted by molar-refractivity contribution is 7.19. The molecule has 116 valence electrons. The van der Waals surface area contributed by atoms with Crippen molar-refractivity contribution in [1.29, 1.82) is 0 Å². The fourth-order valence-electron chi connectivity index (χ4n) is 2.20. The Morgan fingerprint density at radius 2 is 1.86 bits per heavy atom. The summed E-state index contributed by atoms with van der Waals surface area (Å²) in [4.78, 5) is 26.3. The first-order chi connectivity index (χ1) is 9.93. The fourth-order valence-corrected chi connectivity index (χ4v) is 3.24. The molecule has 1 saturated heterocycles. The lowest BCUT2D eigenvalue weighted by Crippen LogP contribution is -2.47. The molecule has 21 heavy (non-hydrogen) atoms. The zero-order valence-corrected chi connectivity index (χ0v) is 13.3. The van der Waals surface area contributed by atoms with E-state index in [0.29, 0.717) is 15.4 Å². The van der Waals surface area contributed by atoms with Gasteiger partial charge in [-0.15, -0.1) is 11.3 Å². The highest BCUT2D eigenvalue weighted by Crippen LogP contribution is 2.36. The molecule has 0 saturated carbocycles. The number of hydrazine groups is 1. The van der Waals surface area contributed by atoms with E-state index in [4.69, 9.17) is 5.73 Å². The first-order valence-electron chi connectivity index (χ1n) is 6.79. The molecule has 2 heterocycles. The van der Waals surface area contributed by atoms with Crippen molar-refractivity contribution in [2.45, 2.75) is 6.92 Å². The van der Waals surface area contributed by atoms with Crippen LogP contribution in [0.15, 0.2) is 0 Å². The summed E-state index contributed by atoms with van der Waals surface area (Å²) in [5, 5.41) is 5.24. The van der Waals surface area contributed by atoms with Gasteiger partial charge in [-0.05, 0) is 7.05 Å². The molecule has 1 aromatic rings. The van der Waals surface area contributed by atoms with Gasteiger partial charge in [0.15, 0.2) is 5.78 Å². The first kappa shape index (κ1) is 15.7. The van der Waals surface area contributed by atoms with E-state index in [0.717, 1.165) is 26.2 Å². The Bertz CT molecular complexity index is 549. The molecule has 1 amide bonds. The number of amides is 1. The highest BCUT2D eigenvalue weighted by atomic mass is 32.1. The summed E-state index contributed by atoms with van der Waals surface area (Å²) in [5.74, 6) is -0.415. The Morgan fingerprint density at radius 1 is 1.24 bits per heavy atom. The van der Waals surface area contributed by atoms with E-state index >= 15 is 0 Å². The van der Waals surface area contributed by atoms with Crippen molar-refractivity contribution in [3.05, 3.63) is 10.4 Å². The number of nitrogens with two attached hydrogens (primary N) is 1. The van der Waals surface area contributed by atoms with Crippen molar-refractivity contribution < 1.29 is 9.59 Å². The van der Waals surface area contributed by atoms with Crippen molar-refractivity contribution in [3.8, 4) is 0 Å². The standard InChI is InChI=1S/C13H21N5O2S/c1-8(19)11-10(14)9(12(20)15-2)13(21-11)16-18-6-4-17(3)5-7-18/h16H,4-7,14H2,1-3H3,(H,15,20). The maximum Gasteiger partial charge on any atom is 0.256 e. The summed E-state index contributed by atoms with van der Waals surface area (Å²) in [6.07, 6.45) is 0. The Balaban J connectivity index is 2.27. The van der Waals surface area contributed by atoms with Crippen LogP contribution in [0.5, 0.6) is 0 Å². The van der Waals surface area contributed by atoms with Crippen LogP contribution in [0.1, 0.15) is 27.0 Å². The molecule has 7 nitrogen and oxygen atoms in total. The molecule has 0 unspecified atom stereocenters. The molecular weight excluding hydrogens is 290 g/mol. The lowest BCUT2D eigenvalue weighted by atomic mass is 10.2. The van der Waals surface area contributed by atoms with Gasteiger partial charge in [-0.3, -0.25) is 9.59 Å². The number of Topliss-reactive ketones (excluding diaryl/α,β-unsaturated/α-hetero) is 1. The summed E-state index contributed by atoms with van der Waals surface area (Å²) in [6, 6.07) is 0. The summed E-state index contributed by atoms with van der Waals surface area (Å²) < 4.78 is 0. The molecule has 0 aromatic carbocycles. The predicted octanol–water partition coefficient (Wildman–Crippen LogP) is 0.467. The predicted molar refractivity (Wildman–Crippen MR) is 84.8 cm³/mol. The molecule has 1 fully saturated rings. The number of hydrogen-bond donors (Lipinski definition) is 3. The van der Waals surface area contributed by atoms with E-state index in [9.17, 15) is 9.59 Å². The number of ketones is 1. The average Bonchev–Trinajstić information content (AvgIpc) is 2.77. The fraction of sp³-hybridized carbons (Fsp3) is 0.538. The maximum absolute atomic E-state index is 12.0. The van der Waals surface area contributed by atoms with Crippen molar-refractivity contribution in [2.75, 3.05) is 51.4 Å². The van der Waals surface area contributed by atoms with Crippen molar-refractivity contribution in [2.24, 2.45) is 0 Å². The summed E-state index contributed by atoms with van der Waals surface area (Å²) in [6.45, 7) is 5.04. The number of thiophene rings is 1. The summed E-state index contributed by atoms with van der Waals surface area (Å²) in [7, 11) is 3.62. The lowest BCUT2D eigenvalue weighted by Gasteiger charge is -2.32. The molecular formula is C13H21N5O2S. The van der Waals surface area contributed by atoms with E-state index in [1.807, 2.05) is 5.01 Å². The van der Waals surface area contributed by atoms with Gasteiger partial charge in [0.2, 0.25) is 0 Å². The second kappa shape index (κ2) is 6.42. The van der Waals surface area contributed by atoms with Gasteiger partial charge in [0.1, 0.15) is 5.00 Å². The Morgan fingerprint density at radius 3 is 2.38 bits per heavy atom. The van der Waals surface area contributed by atoms with E-state index in [1.54, 1.807) is 7.05 Å². The number of anilines is 2. The second-order valence-electron chi connectivity index (χ2n) is 5.09. The number of likely N-dealkylation sites (N-methyl/N-ethyl adjacent to an activating group) is 1. The van der Waals surface area contributed by atoms with Crippen LogP contribution >= 0.6 is 11.3 Å². The SMILES string of the molecule is CNC(=O)c1c(NN2CCN(C)CC2)sc(C(C)=O)c1N. The number of rotatable bonds is 4. The Labute approximate surface area is 128 Å². The van der Waals surface area contributed by atoms with Crippen LogP contribution in [-0.2, 0) is 0 Å². The largest absolute Gasteiger partial charge is 0.397 e. The Kier molecular flexibility index (Phi) is 4.81. The van der Waals surface area contributed by atoms with Gasteiger partial charge < -0.3 is 21.4 Å². The second-order valence-corrected chi connectivity index (χ2v) is 6.11. The van der Waals surface area contributed by atoms with Crippen LogP contribution in [0.3, 0.4) is 0 Å². The van der Waals surface area contributed by atoms with Crippen molar-refractivity contribution >= 4 is 33.7 Å². The number of hydrogen-bond acceptors (Lipinski definition) is 7. The number of carbonyl (C=O) groups is 2. The maximum atomic E-state index is 12.0. The van der Waals surface area contributed by atoms with E-state index in [2.05, 4.69) is 22.7 Å². The number of piperazine rings is 1. The average molecular weight is 311 g/mol. The number of nitrogens with one attached hydrogen (secondary N) is 2. The van der Waals surface area contributed by atoms with Gasteiger partial charge in [0, 0.05) is 40.2 Å². The first-order valence-corrected chi connectivity index (χ1v) is 7.61. The molecule has 0 atom stereocenters. The van der Waals surface area contributed by atoms with E-state index in [-0.39, 0.29) is 17.4 Å². The molecule has 0 spiro atoms.